The molecule has 4 unspecified atom stereocenters. The number of esters is 4. The largest absolute Gasteiger partial charge is 0.472 e. The van der Waals surface area contributed by atoms with E-state index in [1.54, 1.807) is 0 Å². The Hall–Kier alpha value is -2.46. The van der Waals surface area contributed by atoms with E-state index in [0.29, 0.717) is 37.5 Å². The van der Waals surface area contributed by atoms with Gasteiger partial charge in [0.1, 0.15) is 19.3 Å². The lowest BCUT2D eigenvalue weighted by Gasteiger charge is -2.21. The van der Waals surface area contributed by atoms with Gasteiger partial charge in [-0.2, -0.15) is 0 Å². The van der Waals surface area contributed by atoms with E-state index in [0.717, 1.165) is 121 Å². The number of allylic oxidation sites excluding steroid dienone is 4. The van der Waals surface area contributed by atoms with E-state index in [9.17, 15) is 43.2 Å². The standard InChI is InChI=1S/C67H126O17P2/c1-8-10-11-12-13-14-15-16-17-18-19-20-26-36-43-50-66(71)83-63(55-78-65(70)49-42-35-30-29-32-39-46-59(5)6)57-82-86(75,76)80-53-61(68)52-79-85(73,74)81-56-62(54-77-64(69)48-41-34-28-23-24-31-38-45-58(3)4)84-67(72)51-44-37-27-22-21-25-33-40-47-60(7)9-2/h14-17,58-63,68H,8-13,18-57H2,1-7H3,(H,73,74)(H,75,76)/b15-14-,17-16-/t60?,61?,62-,63-/m1/s1. The summed E-state index contributed by atoms with van der Waals surface area (Å²) in [6.45, 7) is 11.6. The van der Waals surface area contributed by atoms with E-state index < -0.39 is 97.5 Å². The van der Waals surface area contributed by atoms with Crippen LogP contribution in [0.2, 0.25) is 0 Å². The van der Waals surface area contributed by atoms with Crippen molar-refractivity contribution in [3.63, 3.8) is 0 Å². The Morgan fingerprint density at radius 1 is 0.384 bits per heavy atom. The molecule has 3 N–H and O–H groups in total. The van der Waals surface area contributed by atoms with Gasteiger partial charge in [-0.15, -0.1) is 0 Å². The molecule has 19 heteroatoms. The molecule has 6 atom stereocenters. The van der Waals surface area contributed by atoms with Crippen molar-refractivity contribution in [1.29, 1.82) is 0 Å². The highest BCUT2D eigenvalue weighted by molar-refractivity contribution is 7.47. The van der Waals surface area contributed by atoms with Crippen LogP contribution in [0.4, 0.5) is 0 Å². The normalized spacial score (nSPS) is 14.8. The number of hydrogen-bond acceptors (Lipinski definition) is 15. The third kappa shape index (κ3) is 59.2. The third-order valence-corrected chi connectivity index (χ3v) is 17.0. The predicted octanol–water partition coefficient (Wildman–Crippen LogP) is 18.2. The minimum atomic E-state index is -4.96. The molecule has 0 aromatic carbocycles. The van der Waals surface area contributed by atoms with Crippen LogP contribution < -0.4 is 0 Å². The molecule has 0 aliphatic rings. The summed E-state index contributed by atoms with van der Waals surface area (Å²) in [5.74, 6) is -0.0191. The van der Waals surface area contributed by atoms with E-state index in [1.807, 2.05) is 0 Å². The van der Waals surface area contributed by atoms with Gasteiger partial charge in [-0.25, -0.2) is 9.13 Å². The Morgan fingerprint density at radius 3 is 1.03 bits per heavy atom. The van der Waals surface area contributed by atoms with E-state index >= 15 is 0 Å². The predicted molar refractivity (Wildman–Crippen MR) is 344 cm³/mol. The maximum Gasteiger partial charge on any atom is 0.472 e. The number of phosphoric acid groups is 2. The summed E-state index contributed by atoms with van der Waals surface area (Å²) in [6, 6.07) is 0. The highest BCUT2D eigenvalue weighted by Crippen LogP contribution is 2.45. The second kappa shape index (κ2) is 57.7. The molecule has 0 aliphatic carbocycles. The van der Waals surface area contributed by atoms with Gasteiger partial charge in [0.05, 0.1) is 26.4 Å². The molecule has 0 radical (unpaired) electrons. The molecule has 0 heterocycles. The van der Waals surface area contributed by atoms with Gasteiger partial charge in [-0.05, 0) is 69.1 Å². The molecule has 506 valence electrons. The number of carbonyl (C=O) groups is 4. The van der Waals surface area contributed by atoms with Crippen LogP contribution >= 0.6 is 15.6 Å². The van der Waals surface area contributed by atoms with Gasteiger partial charge in [-0.3, -0.25) is 37.3 Å². The molecule has 0 rings (SSSR count). The molecule has 86 heavy (non-hydrogen) atoms. The highest BCUT2D eigenvalue weighted by atomic mass is 31.2. The topological polar surface area (TPSA) is 237 Å². The Bertz CT molecular complexity index is 1790. The van der Waals surface area contributed by atoms with Gasteiger partial charge in [0, 0.05) is 25.7 Å². The molecule has 0 saturated carbocycles. The summed E-state index contributed by atoms with van der Waals surface area (Å²) in [6.07, 6.45) is 42.7. The van der Waals surface area contributed by atoms with Gasteiger partial charge in [0.25, 0.3) is 0 Å². The van der Waals surface area contributed by atoms with E-state index in [-0.39, 0.29) is 25.7 Å². The smallest absolute Gasteiger partial charge is 0.462 e. The van der Waals surface area contributed by atoms with Crippen molar-refractivity contribution in [2.24, 2.45) is 17.8 Å². The van der Waals surface area contributed by atoms with Gasteiger partial charge >= 0.3 is 39.5 Å². The van der Waals surface area contributed by atoms with Gasteiger partial charge in [0.2, 0.25) is 0 Å². The monoisotopic (exact) mass is 1260 g/mol. The molecule has 0 aromatic heterocycles. The van der Waals surface area contributed by atoms with Crippen molar-refractivity contribution < 1.29 is 80.2 Å². The van der Waals surface area contributed by atoms with Gasteiger partial charge < -0.3 is 33.8 Å². The minimum Gasteiger partial charge on any atom is -0.462 e. The number of carbonyl (C=O) groups excluding carboxylic acids is 4. The fourth-order valence-electron chi connectivity index (χ4n) is 9.44. The molecular weight excluding hydrogens is 1140 g/mol. The van der Waals surface area contributed by atoms with E-state index in [2.05, 4.69) is 72.8 Å². The average molecular weight is 1270 g/mol. The summed E-state index contributed by atoms with van der Waals surface area (Å²) in [4.78, 5) is 72.3. The van der Waals surface area contributed by atoms with Crippen LogP contribution in [0.15, 0.2) is 24.3 Å². The first-order valence-corrected chi connectivity index (χ1v) is 37.2. The third-order valence-electron chi connectivity index (χ3n) is 15.1. The number of rotatable bonds is 63. The lowest BCUT2D eigenvalue weighted by Crippen LogP contribution is -2.30. The number of phosphoric ester groups is 2. The van der Waals surface area contributed by atoms with E-state index in [4.69, 9.17) is 37.0 Å². The molecule has 0 amide bonds. The van der Waals surface area contributed by atoms with Crippen molar-refractivity contribution in [1.82, 2.24) is 0 Å². The summed E-state index contributed by atoms with van der Waals surface area (Å²) in [7, 11) is -9.91. The molecule has 0 fully saturated rings. The first kappa shape index (κ1) is 83.5. The maximum atomic E-state index is 13.0. The maximum absolute atomic E-state index is 13.0. The Kier molecular flexibility index (Phi) is 56.0. The number of hydrogen-bond donors (Lipinski definition) is 3. The van der Waals surface area contributed by atoms with Crippen LogP contribution in [0.3, 0.4) is 0 Å². The van der Waals surface area contributed by atoms with Crippen LogP contribution in [0.5, 0.6) is 0 Å². The Balaban J connectivity index is 5.28. The van der Waals surface area contributed by atoms with Gasteiger partial charge in [0.15, 0.2) is 12.2 Å². The number of unbranched alkanes of at least 4 members (excludes halogenated alkanes) is 27. The average Bonchev–Trinajstić information content (AvgIpc) is 3.61. The summed E-state index contributed by atoms with van der Waals surface area (Å²) in [5, 5.41) is 10.6. The lowest BCUT2D eigenvalue weighted by molar-refractivity contribution is -0.161. The first-order chi connectivity index (χ1) is 41.3. The Labute approximate surface area is 522 Å². The number of aliphatic hydroxyl groups is 1. The van der Waals surface area contributed by atoms with Crippen LogP contribution in [-0.2, 0) is 65.4 Å². The summed E-state index contributed by atoms with van der Waals surface area (Å²) >= 11 is 0. The zero-order chi connectivity index (χ0) is 63.8. The Morgan fingerprint density at radius 2 is 0.686 bits per heavy atom. The fourth-order valence-corrected chi connectivity index (χ4v) is 11.0. The van der Waals surface area contributed by atoms with Crippen molar-refractivity contribution in [2.45, 2.75) is 324 Å². The van der Waals surface area contributed by atoms with Crippen molar-refractivity contribution in [2.75, 3.05) is 39.6 Å². The summed E-state index contributed by atoms with van der Waals surface area (Å²) < 4.78 is 68.0. The molecule has 0 aromatic rings. The highest BCUT2D eigenvalue weighted by Gasteiger charge is 2.30. The quantitative estimate of drug-likeness (QED) is 0.0169. The van der Waals surface area contributed by atoms with Crippen molar-refractivity contribution in [3.05, 3.63) is 24.3 Å². The van der Waals surface area contributed by atoms with Gasteiger partial charge in [-0.1, -0.05) is 253 Å². The first-order valence-electron chi connectivity index (χ1n) is 34.2. The number of ether oxygens (including phenoxy) is 4. The van der Waals surface area contributed by atoms with Crippen LogP contribution in [0, 0.1) is 17.8 Å². The van der Waals surface area contributed by atoms with Crippen molar-refractivity contribution >= 4 is 39.5 Å². The molecule has 0 saturated heterocycles. The zero-order valence-electron chi connectivity index (χ0n) is 55.3. The molecule has 0 spiro atoms. The van der Waals surface area contributed by atoms with Crippen LogP contribution in [-0.4, -0.2) is 96.7 Å². The lowest BCUT2D eigenvalue weighted by atomic mass is 9.99. The van der Waals surface area contributed by atoms with E-state index in [1.165, 1.54) is 89.9 Å². The molecule has 0 bridgehead atoms. The molecule has 0 aliphatic heterocycles. The number of aliphatic hydroxyl groups excluding tert-OH is 1. The zero-order valence-corrected chi connectivity index (χ0v) is 57.0. The molecule has 17 nitrogen and oxygen atoms in total. The SMILES string of the molecule is CCCCCC/C=C\C=C/CCCCCCCC(=O)O[C@H](COC(=O)CCCCCCCCC(C)C)COP(=O)(O)OCC(O)COP(=O)(O)OC[C@@H](COC(=O)CCCCCCCCCC(C)C)OC(=O)CCCCCCCCCCC(C)CC. The van der Waals surface area contributed by atoms with Crippen LogP contribution in [0.1, 0.15) is 305 Å². The second-order valence-electron chi connectivity index (χ2n) is 24.7. The van der Waals surface area contributed by atoms with Crippen molar-refractivity contribution in [3.8, 4) is 0 Å². The minimum absolute atomic E-state index is 0.0833. The summed E-state index contributed by atoms with van der Waals surface area (Å²) in [5.41, 5.74) is 0. The fraction of sp³-hybridized carbons (Fsp3) is 0.881. The van der Waals surface area contributed by atoms with Crippen LogP contribution in [0.25, 0.3) is 0 Å². The molecular formula is C67H126O17P2. The second-order valence-corrected chi connectivity index (χ2v) is 27.6.